The highest BCUT2D eigenvalue weighted by molar-refractivity contribution is 7.92. The van der Waals surface area contributed by atoms with Gasteiger partial charge in [0.2, 0.25) is 10.0 Å². The number of rotatable bonds is 7. The van der Waals surface area contributed by atoms with Crippen LogP contribution in [0.25, 0.3) is 0 Å². The number of benzene rings is 2. The van der Waals surface area contributed by atoms with Crippen LogP contribution >= 0.6 is 0 Å². The molecule has 2 rings (SSSR count). The second-order valence-corrected chi connectivity index (χ2v) is 9.05. The Kier molecular flexibility index (Phi) is 6.49. The van der Waals surface area contributed by atoms with E-state index in [2.05, 4.69) is 29.2 Å². The zero-order valence-corrected chi connectivity index (χ0v) is 16.9. The first-order valence-corrected chi connectivity index (χ1v) is 10.6. The number of hydrogen-bond donors (Lipinski definition) is 3. The van der Waals surface area contributed by atoms with Crippen molar-refractivity contribution >= 4 is 21.7 Å². The standard InChI is InChI=1S/C20H27N3O3S/c1-15(16-9-8-12-18(13-16)23-27(4,25)26)22-19(24)21-14-20(2,3)17-10-6-5-7-11-17/h5-13,15,23H,14H2,1-4H3,(H2,21,22,24). The largest absolute Gasteiger partial charge is 0.337 e. The Morgan fingerprint density at radius 1 is 1.07 bits per heavy atom. The maximum atomic E-state index is 12.3. The number of carbonyl (C=O) groups excluding carboxylic acids is 1. The van der Waals surface area contributed by atoms with Crippen LogP contribution in [0.1, 0.15) is 37.9 Å². The average molecular weight is 390 g/mol. The molecule has 6 nitrogen and oxygen atoms in total. The summed E-state index contributed by atoms with van der Waals surface area (Å²) in [5, 5.41) is 5.80. The normalized spacial score (nSPS) is 12.9. The van der Waals surface area contributed by atoms with Gasteiger partial charge in [0.25, 0.3) is 0 Å². The van der Waals surface area contributed by atoms with Gasteiger partial charge in [0.1, 0.15) is 0 Å². The van der Waals surface area contributed by atoms with E-state index in [4.69, 9.17) is 0 Å². The lowest BCUT2D eigenvalue weighted by atomic mass is 9.85. The third kappa shape index (κ3) is 6.60. The molecule has 0 spiro atoms. The predicted octanol–water partition coefficient (Wildman–Crippen LogP) is 3.40. The second kappa shape index (κ2) is 8.43. The van der Waals surface area contributed by atoms with E-state index >= 15 is 0 Å². The van der Waals surface area contributed by atoms with Gasteiger partial charge < -0.3 is 10.6 Å². The van der Waals surface area contributed by atoms with Crippen LogP contribution in [0, 0.1) is 0 Å². The highest BCUT2D eigenvalue weighted by Crippen LogP contribution is 2.22. The Balaban J connectivity index is 1.95. The molecular formula is C20H27N3O3S. The van der Waals surface area contributed by atoms with E-state index in [9.17, 15) is 13.2 Å². The van der Waals surface area contributed by atoms with Crippen molar-refractivity contribution in [2.24, 2.45) is 0 Å². The van der Waals surface area contributed by atoms with Crippen LogP contribution < -0.4 is 15.4 Å². The van der Waals surface area contributed by atoms with E-state index in [0.717, 1.165) is 17.4 Å². The summed E-state index contributed by atoms with van der Waals surface area (Å²) in [6, 6.07) is 16.4. The fourth-order valence-corrected chi connectivity index (χ4v) is 3.26. The second-order valence-electron chi connectivity index (χ2n) is 7.30. The van der Waals surface area contributed by atoms with Gasteiger partial charge in [-0.3, -0.25) is 4.72 Å². The van der Waals surface area contributed by atoms with Crippen molar-refractivity contribution in [3.05, 3.63) is 65.7 Å². The zero-order chi connectivity index (χ0) is 20.1. The van der Waals surface area contributed by atoms with Gasteiger partial charge in [-0.25, -0.2) is 13.2 Å². The maximum absolute atomic E-state index is 12.3. The highest BCUT2D eigenvalue weighted by atomic mass is 32.2. The monoisotopic (exact) mass is 389 g/mol. The number of nitrogens with one attached hydrogen (secondary N) is 3. The first-order chi connectivity index (χ1) is 12.6. The maximum Gasteiger partial charge on any atom is 0.315 e. The molecule has 7 heteroatoms. The fourth-order valence-electron chi connectivity index (χ4n) is 2.71. The van der Waals surface area contributed by atoms with Crippen molar-refractivity contribution in [2.75, 3.05) is 17.5 Å². The molecule has 0 aliphatic carbocycles. The molecule has 2 amide bonds. The molecule has 2 aromatic carbocycles. The molecule has 0 saturated heterocycles. The molecule has 27 heavy (non-hydrogen) atoms. The summed E-state index contributed by atoms with van der Waals surface area (Å²) < 4.78 is 25.2. The van der Waals surface area contributed by atoms with Gasteiger partial charge in [-0.15, -0.1) is 0 Å². The van der Waals surface area contributed by atoms with E-state index in [1.165, 1.54) is 0 Å². The molecule has 146 valence electrons. The minimum atomic E-state index is -3.34. The van der Waals surface area contributed by atoms with Crippen molar-refractivity contribution in [1.82, 2.24) is 10.6 Å². The topological polar surface area (TPSA) is 87.3 Å². The number of anilines is 1. The quantitative estimate of drug-likeness (QED) is 0.678. The van der Waals surface area contributed by atoms with Crippen molar-refractivity contribution in [2.45, 2.75) is 32.2 Å². The minimum absolute atomic E-state index is 0.193. The molecule has 0 fully saturated rings. The summed E-state index contributed by atoms with van der Waals surface area (Å²) in [6.07, 6.45) is 1.10. The summed E-state index contributed by atoms with van der Waals surface area (Å²) in [5.41, 5.74) is 2.23. The summed E-state index contributed by atoms with van der Waals surface area (Å²) in [4.78, 5) is 12.3. The molecule has 0 aliphatic heterocycles. The van der Waals surface area contributed by atoms with Gasteiger partial charge in [-0.05, 0) is 30.2 Å². The molecule has 0 aliphatic rings. The first kappa shape index (κ1) is 20.8. The Morgan fingerprint density at radius 2 is 1.74 bits per heavy atom. The Morgan fingerprint density at radius 3 is 2.37 bits per heavy atom. The minimum Gasteiger partial charge on any atom is -0.337 e. The SMILES string of the molecule is CC(NC(=O)NCC(C)(C)c1ccccc1)c1cccc(NS(C)(=O)=O)c1. The number of amides is 2. The lowest BCUT2D eigenvalue weighted by Crippen LogP contribution is -2.43. The Labute approximate surface area is 161 Å². The number of sulfonamides is 1. The number of hydrogen-bond acceptors (Lipinski definition) is 3. The summed E-state index contributed by atoms with van der Waals surface area (Å²) in [5.74, 6) is 0. The Bertz CT molecular complexity index is 880. The van der Waals surface area contributed by atoms with Crippen LogP contribution in [0.4, 0.5) is 10.5 Å². The average Bonchev–Trinajstić information content (AvgIpc) is 2.59. The zero-order valence-electron chi connectivity index (χ0n) is 16.1. The first-order valence-electron chi connectivity index (χ1n) is 8.74. The van der Waals surface area contributed by atoms with E-state index in [1.54, 1.807) is 18.2 Å². The van der Waals surface area contributed by atoms with Crippen LogP contribution in [-0.4, -0.2) is 27.2 Å². The van der Waals surface area contributed by atoms with Crippen molar-refractivity contribution in [3.63, 3.8) is 0 Å². The van der Waals surface area contributed by atoms with Crippen LogP contribution in [0.5, 0.6) is 0 Å². The fraction of sp³-hybridized carbons (Fsp3) is 0.350. The van der Waals surface area contributed by atoms with E-state index in [1.807, 2.05) is 43.3 Å². The van der Waals surface area contributed by atoms with Gasteiger partial charge >= 0.3 is 6.03 Å². The molecule has 0 heterocycles. The van der Waals surface area contributed by atoms with Gasteiger partial charge in [0.05, 0.1) is 12.3 Å². The van der Waals surface area contributed by atoms with Gasteiger partial charge in [-0.2, -0.15) is 0 Å². The van der Waals surface area contributed by atoms with Crippen LogP contribution in [-0.2, 0) is 15.4 Å². The van der Waals surface area contributed by atoms with Gasteiger partial charge in [0, 0.05) is 17.6 Å². The van der Waals surface area contributed by atoms with Crippen molar-refractivity contribution in [3.8, 4) is 0 Å². The smallest absolute Gasteiger partial charge is 0.315 e. The molecule has 0 bridgehead atoms. The van der Waals surface area contributed by atoms with Crippen LogP contribution in [0.3, 0.4) is 0 Å². The predicted molar refractivity (Wildman–Crippen MR) is 109 cm³/mol. The Hall–Kier alpha value is -2.54. The lowest BCUT2D eigenvalue weighted by molar-refractivity contribution is 0.235. The van der Waals surface area contributed by atoms with Gasteiger partial charge in [0.15, 0.2) is 0 Å². The van der Waals surface area contributed by atoms with Gasteiger partial charge in [-0.1, -0.05) is 56.3 Å². The third-order valence-corrected chi connectivity index (χ3v) is 4.89. The molecule has 3 N–H and O–H groups in total. The molecule has 2 aromatic rings. The molecule has 1 unspecified atom stereocenters. The van der Waals surface area contributed by atoms with E-state index < -0.39 is 10.0 Å². The highest BCUT2D eigenvalue weighted by Gasteiger charge is 2.21. The lowest BCUT2D eigenvalue weighted by Gasteiger charge is -2.26. The number of carbonyl (C=O) groups is 1. The molecule has 1 atom stereocenters. The molecule has 0 radical (unpaired) electrons. The number of urea groups is 1. The molecule has 0 aromatic heterocycles. The van der Waals surface area contributed by atoms with Crippen LogP contribution in [0.15, 0.2) is 54.6 Å². The molecule has 0 saturated carbocycles. The van der Waals surface area contributed by atoms with Crippen molar-refractivity contribution in [1.29, 1.82) is 0 Å². The molecular weight excluding hydrogens is 362 g/mol. The van der Waals surface area contributed by atoms with Crippen molar-refractivity contribution < 1.29 is 13.2 Å². The summed E-state index contributed by atoms with van der Waals surface area (Å²) >= 11 is 0. The summed E-state index contributed by atoms with van der Waals surface area (Å²) in [7, 11) is -3.34. The van der Waals surface area contributed by atoms with E-state index in [-0.39, 0.29) is 17.5 Å². The third-order valence-electron chi connectivity index (χ3n) is 4.28. The van der Waals surface area contributed by atoms with E-state index in [0.29, 0.717) is 12.2 Å². The van der Waals surface area contributed by atoms with Crippen LogP contribution in [0.2, 0.25) is 0 Å². The summed E-state index contributed by atoms with van der Waals surface area (Å²) in [6.45, 7) is 6.49.